The molecule has 1 saturated heterocycles. The molecule has 1 aliphatic heterocycles. The molecule has 2 heterocycles. The summed E-state index contributed by atoms with van der Waals surface area (Å²) in [7, 11) is 1.84. The molecule has 0 radical (unpaired) electrons. The summed E-state index contributed by atoms with van der Waals surface area (Å²) in [5, 5.41) is 0.166. The number of hydrogen-bond donors (Lipinski definition) is 1. The second-order valence-electron chi connectivity index (χ2n) is 8.48. The largest absolute Gasteiger partial charge is 0.345 e. The van der Waals surface area contributed by atoms with E-state index in [9.17, 15) is 9.59 Å². The minimum atomic E-state index is -0.312. The van der Waals surface area contributed by atoms with Gasteiger partial charge in [-0.2, -0.15) is 0 Å². The van der Waals surface area contributed by atoms with Gasteiger partial charge in [-0.05, 0) is 41.5 Å². The molecular formula is C23H27ClN2O2. The highest BCUT2D eigenvalue weighted by molar-refractivity contribution is 6.30. The highest BCUT2D eigenvalue weighted by atomic mass is 35.5. The molecule has 1 unspecified atom stereocenters. The van der Waals surface area contributed by atoms with Crippen LogP contribution in [0.25, 0.3) is 5.57 Å². The molecule has 1 aromatic carbocycles. The van der Waals surface area contributed by atoms with Crippen molar-refractivity contribution in [2.24, 2.45) is 5.92 Å². The number of rotatable bonds is 4. The lowest BCUT2D eigenvalue weighted by molar-refractivity contribution is -0.129. The molecule has 1 atom stereocenters. The third-order valence-corrected chi connectivity index (χ3v) is 5.66. The third kappa shape index (κ3) is 4.39. The molecule has 0 aliphatic carbocycles. The van der Waals surface area contributed by atoms with Crippen molar-refractivity contribution >= 4 is 23.1 Å². The number of nitrogens with one attached hydrogen (secondary N) is 1. The molecule has 148 valence electrons. The van der Waals surface area contributed by atoms with Gasteiger partial charge >= 0.3 is 0 Å². The SMILES string of the molecule is CN1CCC(CC=C(c2ccc(C(C)(C)C)cc2)c2ccc(Cl)c(=O)[nH]2)C1=O. The second kappa shape index (κ2) is 7.96. The molecule has 2 aromatic rings. The van der Waals surface area contributed by atoms with Gasteiger partial charge in [0.2, 0.25) is 5.91 Å². The van der Waals surface area contributed by atoms with Crippen LogP contribution in [0.1, 0.15) is 50.4 Å². The molecule has 1 fully saturated rings. The van der Waals surface area contributed by atoms with Crippen molar-refractivity contribution in [1.29, 1.82) is 0 Å². The van der Waals surface area contributed by atoms with Gasteiger partial charge in [-0.1, -0.05) is 62.7 Å². The zero-order valence-electron chi connectivity index (χ0n) is 16.9. The van der Waals surface area contributed by atoms with Crippen LogP contribution in [-0.4, -0.2) is 29.4 Å². The molecule has 0 saturated carbocycles. The van der Waals surface area contributed by atoms with Crippen LogP contribution >= 0.6 is 11.6 Å². The summed E-state index contributed by atoms with van der Waals surface area (Å²) in [6, 6.07) is 11.8. The maximum atomic E-state index is 12.3. The van der Waals surface area contributed by atoms with Crippen molar-refractivity contribution in [3.8, 4) is 0 Å². The number of likely N-dealkylation sites (tertiary alicyclic amines) is 1. The minimum absolute atomic E-state index is 0.00660. The number of benzene rings is 1. The van der Waals surface area contributed by atoms with E-state index in [1.807, 2.05) is 13.1 Å². The topological polar surface area (TPSA) is 53.2 Å². The number of hydrogen-bond acceptors (Lipinski definition) is 2. The van der Waals surface area contributed by atoms with Crippen LogP contribution in [0.15, 0.2) is 47.3 Å². The molecule has 0 bridgehead atoms. The first kappa shape index (κ1) is 20.4. The van der Waals surface area contributed by atoms with Crippen LogP contribution in [0.3, 0.4) is 0 Å². The number of pyridine rings is 1. The van der Waals surface area contributed by atoms with E-state index < -0.39 is 0 Å². The van der Waals surface area contributed by atoms with E-state index in [1.165, 1.54) is 5.56 Å². The molecule has 5 heteroatoms. The summed E-state index contributed by atoms with van der Waals surface area (Å²) in [5.74, 6) is 0.177. The Morgan fingerprint density at radius 1 is 1.18 bits per heavy atom. The first-order chi connectivity index (χ1) is 13.2. The monoisotopic (exact) mass is 398 g/mol. The normalized spacial score (nSPS) is 18.0. The van der Waals surface area contributed by atoms with E-state index in [0.29, 0.717) is 12.1 Å². The number of halogens is 1. The van der Waals surface area contributed by atoms with Crippen LogP contribution in [0.2, 0.25) is 5.02 Å². The summed E-state index contributed by atoms with van der Waals surface area (Å²) in [5.41, 5.74) is 3.62. The molecule has 1 aromatic heterocycles. The van der Waals surface area contributed by atoms with Crippen molar-refractivity contribution in [2.75, 3.05) is 13.6 Å². The van der Waals surface area contributed by atoms with Gasteiger partial charge in [0.25, 0.3) is 5.56 Å². The van der Waals surface area contributed by atoms with Crippen molar-refractivity contribution in [3.63, 3.8) is 0 Å². The van der Waals surface area contributed by atoms with Gasteiger partial charge in [0, 0.05) is 30.8 Å². The standard InChI is InChI=1S/C23H27ClN2O2/c1-23(2,3)17-8-5-15(6-9-17)18(20-12-11-19(24)21(27)25-20)10-7-16-13-14-26(4)22(16)28/h5-6,8-12,16H,7,13-14H2,1-4H3,(H,25,27). The number of amides is 1. The van der Waals surface area contributed by atoms with Gasteiger partial charge in [-0.15, -0.1) is 0 Å². The Labute approximate surface area is 171 Å². The number of aromatic amines is 1. The second-order valence-corrected chi connectivity index (χ2v) is 8.88. The summed E-state index contributed by atoms with van der Waals surface area (Å²) in [6.07, 6.45) is 3.57. The smallest absolute Gasteiger partial charge is 0.267 e. The zero-order chi connectivity index (χ0) is 20.5. The van der Waals surface area contributed by atoms with E-state index in [4.69, 9.17) is 11.6 Å². The van der Waals surface area contributed by atoms with Gasteiger partial charge < -0.3 is 9.88 Å². The van der Waals surface area contributed by atoms with E-state index in [2.05, 4.69) is 56.1 Å². The summed E-state index contributed by atoms with van der Waals surface area (Å²) >= 11 is 5.90. The Bertz CT molecular complexity index is 952. The Morgan fingerprint density at radius 3 is 2.39 bits per heavy atom. The van der Waals surface area contributed by atoms with Crippen molar-refractivity contribution < 1.29 is 4.79 Å². The van der Waals surface area contributed by atoms with Gasteiger partial charge in [0.15, 0.2) is 0 Å². The third-order valence-electron chi connectivity index (χ3n) is 5.36. The quantitative estimate of drug-likeness (QED) is 0.816. The van der Waals surface area contributed by atoms with E-state index in [0.717, 1.165) is 24.1 Å². The summed E-state index contributed by atoms with van der Waals surface area (Å²) < 4.78 is 0. The van der Waals surface area contributed by atoms with Gasteiger partial charge in [0.1, 0.15) is 5.02 Å². The molecule has 1 aliphatic rings. The average molecular weight is 399 g/mol. The molecule has 1 N–H and O–H groups in total. The van der Waals surface area contributed by atoms with Crippen molar-refractivity contribution in [3.05, 3.63) is 74.7 Å². The van der Waals surface area contributed by atoms with Crippen LogP contribution in [0.5, 0.6) is 0 Å². The molecule has 4 nitrogen and oxygen atoms in total. The average Bonchev–Trinajstić information content (AvgIpc) is 2.96. The van der Waals surface area contributed by atoms with Crippen LogP contribution in [0.4, 0.5) is 0 Å². The lowest BCUT2D eigenvalue weighted by Crippen LogP contribution is -2.22. The Balaban J connectivity index is 1.99. The molecular weight excluding hydrogens is 372 g/mol. The van der Waals surface area contributed by atoms with Crippen molar-refractivity contribution in [1.82, 2.24) is 9.88 Å². The predicted octanol–water partition coefficient (Wildman–Crippen LogP) is 4.63. The zero-order valence-corrected chi connectivity index (χ0v) is 17.6. The number of carbonyl (C=O) groups is 1. The van der Waals surface area contributed by atoms with Gasteiger partial charge in [-0.25, -0.2) is 0 Å². The summed E-state index contributed by atoms with van der Waals surface area (Å²) in [6.45, 7) is 7.33. The first-order valence-corrected chi connectivity index (χ1v) is 10.00. The molecule has 1 amide bonds. The fourth-order valence-corrected chi connectivity index (χ4v) is 3.63. The lowest BCUT2D eigenvalue weighted by atomic mass is 9.86. The number of allylic oxidation sites excluding steroid dienone is 1. The van der Waals surface area contributed by atoms with Crippen molar-refractivity contribution in [2.45, 2.75) is 39.0 Å². The predicted molar refractivity (Wildman–Crippen MR) is 115 cm³/mol. The fourth-order valence-electron chi connectivity index (χ4n) is 3.52. The number of nitrogens with zero attached hydrogens (tertiary/aromatic N) is 1. The lowest BCUT2D eigenvalue weighted by Gasteiger charge is -2.19. The number of H-pyrrole nitrogens is 1. The molecule has 28 heavy (non-hydrogen) atoms. The fraction of sp³-hybridized carbons (Fsp3) is 0.391. The maximum absolute atomic E-state index is 12.3. The number of aromatic nitrogens is 1. The van der Waals surface area contributed by atoms with Crippen LogP contribution in [-0.2, 0) is 10.2 Å². The van der Waals surface area contributed by atoms with Crippen LogP contribution in [0, 0.1) is 5.92 Å². The molecule has 0 spiro atoms. The van der Waals surface area contributed by atoms with Crippen LogP contribution < -0.4 is 5.56 Å². The van der Waals surface area contributed by atoms with Gasteiger partial charge in [0.05, 0.1) is 0 Å². The minimum Gasteiger partial charge on any atom is -0.345 e. The first-order valence-electron chi connectivity index (χ1n) is 9.62. The Morgan fingerprint density at radius 2 is 1.86 bits per heavy atom. The highest BCUT2D eigenvalue weighted by Crippen LogP contribution is 2.29. The van der Waals surface area contributed by atoms with E-state index >= 15 is 0 Å². The summed E-state index contributed by atoms with van der Waals surface area (Å²) in [4.78, 5) is 28.9. The maximum Gasteiger partial charge on any atom is 0.267 e. The molecule has 3 rings (SSSR count). The Kier molecular flexibility index (Phi) is 5.80. The van der Waals surface area contributed by atoms with Gasteiger partial charge in [-0.3, -0.25) is 9.59 Å². The van der Waals surface area contributed by atoms with E-state index in [-0.39, 0.29) is 27.8 Å². The Hall–Kier alpha value is -2.33. The number of carbonyl (C=O) groups excluding carboxylic acids is 1. The van der Waals surface area contributed by atoms with E-state index in [1.54, 1.807) is 11.0 Å². The highest BCUT2D eigenvalue weighted by Gasteiger charge is 2.28.